The fraction of sp³-hybridized carbons (Fsp3) is 0.917. The summed E-state index contributed by atoms with van der Waals surface area (Å²) in [4.78, 5) is 10.8. The third-order valence-corrected chi connectivity index (χ3v) is 1.61. The Kier molecular flexibility index (Phi) is 11.6. The van der Waals surface area contributed by atoms with E-state index in [1.165, 1.54) is 0 Å². The van der Waals surface area contributed by atoms with Crippen molar-refractivity contribution < 1.29 is 20.1 Å². The van der Waals surface area contributed by atoms with Crippen LogP contribution in [0, 0.1) is 0 Å². The fourth-order valence-corrected chi connectivity index (χ4v) is 1.14. The minimum atomic E-state index is -0.543. The maximum atomic E-state index is 10.8. The van der Waals surface area contributed by atoms with Gasteiger partial charge in [0.05, 0.1) is 24.7 Å². The Morgan fingerprint density at radius 2 is 1.35 bits per heavy atom. The molecule has 0 fully saturated rings. The molecule has 0 heterocycles. The molecular formula is C12H27NO4. The average molecular weight is 249 g/mol. The molecule has 0 saturated carbocycles. The van der Waals surface area contributed by atoms with Crippen LogP contribution in [-0.2, 0) is 4.79 Å². The number of aliphatic hydroxyl groups is 3. The summed E-state index contributed by atoms with van der Waals surface area (Å²) in [7, 11) is 0. The first-order chi connectivity index (χ1) is 7.65. The highest BCUT2D eigenvalue weighted by Crippen LogP contribution is 1.93. The normalized spacial score (nSPS) is 15.6. The van der Waals surface area contributed by atoms with E-state index in [0.717, 1.165) is 0 Å². The Morgan fingerprint density at radius 1 is 0.941 bits per heavy atom. The molecule has 104 valence electrons. The largest absolute Gasteiger partial charge is 0.393 e. The summed E-state index contributed by atoms with van der Waals surface area (Å²) >= 11 is 0. The van der Waals surface area contributed by atoms with Crippen LogP contribution in [-0.4, -0.2) is 45.6 Å². The number of rotatable bonds is 5. The molecule has 0 aromatic rings. The van der Waals surface area contributed by atoms with Crippen LogP contribution in [0.5, 0.6) is 0 Å². The summed E-state index contributed by atoms with van der Waals surface area (Å²) in [5, 5.41) is 28.6. The van der Waals surface area contributed by atoms with Gasteiger partial charge in [0.1, 0.15) is 0 Å². The summed E-state index contributed by atoms with van der Waals surface area (Å²) < 4.78 is 0. The lowest BCUT2D eigenvalue weighted by molar-refractivity contribution is -0.123. The maximum Gasteiger partial charge on any atom is 0.222 e. The average Bonchev–Trinajstić information content (AvgIpc) is 1.97. The standard InChI is InChI=1S/C7H15NO2.C5H12O2/c1-5(2)8-7(10)4-6(3)9;1-4(6)3-5(2)7/h5-6,9H,4H2,1-3H3,(H,8,10);4-7H,3H2,1-2H3/t6-;4-,5+/m1./s1. The minimum Gasteiger partial charge on any atom is -0.393 e. The highest BCUT2D eigenvalue weighted by Gasteiger charge is 2.05. The molecule has 0 rings (SSSR count). The second-order valence-corrected chi connectivity index (χ2v) is 4.71. The quantitative estimate of drug-likeness (QED) is 0.568. The van der Waals surface area contributed by atoms with Gasteiger partial charge in [-0.2, -0.15) is 0 Å². The highest BCUT2D eigenvalue weighted by molar-refractivity contribution is 5.76. The number of aliphatic hydroxyl groups excluding tert-OH is 3. The Hall–Kier alpha value is -0.650. The van der Waals surface area contributed by atoms with Gasteiger partial charge in [0.25, 0.3) is 0 Å². The van der Waals surface area contributed by atoms with Crippen LogP contribution >= 0.6 is 0 Å². The molecule has 0 aromatic carbocycles. The second-order valence-electron chi connectivity index (χ2n) is 4.71. The van der Waals surface area contributed by atoms with Crippen molar-refractivity contribution in [3.63, 3.8) is 0 Å². The lowest BCUT2D eigenvalue weighted by Crippen LogP contribution is -2.32. The fourth-order valence-electron chi connectivity index (χ4n) is 1.14. The van der Waals surface area contributed by atoms with Crippen molar-refractivity contribution in [2.24, 2.45) is 0 Å². The molecule has 0 radical (unpaired) electrons. The molecule has 5 nitrogen and oxygen atoms in total. The van der Waals surface area contributed by atoms with Crippen LogP contribution in [0.2, 0.25) is 0 Å². The van der Waals surface area contributed by atoms with Gasteiger partial charge in [-0.05, 0) is 41.0 Å². The van der Waals surface area contributed by atoms with Crippen molar-refractivity contribution in [1.82, 2.24) is 5.32 Å². The number of amides is 1. The van der Waals surface area contributed by atoms with Gasteiger partial charge in [0.15, 0.2) is 0 Å². The first kappa shape index (κ1) is 18.7. The van der Waals surface area contributed by atoms with Gasteiger partial charge >= 0.3 is 0 Å². The van der Waals surface area contributed by atoms with Crippen molar-refractivity contribution in [1.29, 1.82) is 0 Å². The molecule has 0 unspecified atom stereocenters. The van der Waals surface area contributed by atoms with Crippen LogP contribution in [0.15, 0.2) is 0 Å². The van der Waals surface area contributed by atoms with Crippen molar-refractivity contribution >= 4 is 5.91 Å². The minimum absolute atomic E-state index is 0.0926. The van der Waals surface area contributed by atoms with Gasteiger partial charge in [0.2, 0.25) is 5.91 Å². The zero-order chi connectivity index (χ0) is 14.0. The number of nitrogens with one attached hydrogen (secondary N) is 1. The molecule has 0 spiro atoms. The Bertz CT molecular complexity index is 173. The van der Waals surface area contributed by atoms with E-state index in [1.54, 1.807) is 20.8 Å². The van der Waals surface area contributed by atoms with Crippen molar-refractivity contribution in [2.75, 3.05) is 0 Å². The zero-order valence-electron chi connectivity index (χ0n) is 11.5. The number of hydrogen-bond acceptors (Lipinski definition) is 4. The summed E-state index contributed by atoms with van der Waals surface area (Å²) in [6.45, 7) is 8.69. The molecule has 17 heavy (non-hydrogen) atoms. The molecule has 0 aliphatic rings. The molecule has 0 saturated heterocycles. The summed E-state index contributed by atoms with van der Waals surface area (Å²) in [6, 6.07) is 0.159. The van der Waals surface area contributed by atoms with Crippen molar-refractivity contribution in [2.45, 2.75) is 71.8 Å². The van der Waals surface area contributed by atoms with E-state index >= 15 is 0 Å². The van der Waals surface area contributed by atoms with Crippen molar-refractivity contribution in [3.05, 3.63) is 0 Å². The molecule has 0 aliphatic heterocycles. The van der Waals surface area contributed by atoms with Crippen LogP contribution in [0.1, 0.15) is 47.5 Å². The van der Waals surface area contributed by atoms with E-state index in [4.69, 9.17) is 15.3 Å². The Labute approximate surface area is 104 Å². The number of carbonyl (C=O) groups excluding carboxylic acids is 1. The van der Waals surface area contributed by atoms with Gasteiger partial charge in [-0.15, -0.1) is 0 Å². The molecule has 0 aliphatic carbocycles. The van der Waals surface area contributed by atoms with E-state index in [-0.39, 0.29) is 30.6 Å². The Morgan fingerprint density at radius 3 is 1.53 bits per heavy atom. The number of hydrogen-bond donors (Lipinski definition) is 4. The van der Waals surface area contributed by atoms with Crippen molar-refractivity contribution in [3.8, 4) is 0 Å². The number of carbonyl (C=O) groups is 1. The van der Waals surface area contributed by atoms with Gasteiger partial charge in [0, 0.05) is 6.04 Å². The summed E-state index contributed by atoms with van der Waals surface area (Å²) in [5.41, 5.74) is 0. The molecule has 0 aromatic heterocycles. The third kappa shape index (κ3) is 21.2. The lowest BCUT2D eigenvalue weighted by atomic mass is 10.2. The zero-order valence-corrected chi connectivity index (χ0v) is 11.5. The van der Waals surface area contributed by atoms with Crippen LogP contribution < -0.4 is 5.32 Å². The van der Waals surface area contributed by atoms with E-state index in [2.05, 4.69) is 5.32 Å². The topological polar surface area (TPSA) is 89.8 Å². The van der Waals surface area contributed by atoms with Crippen LogP contribution in [0.25, 0.3) is 0 Å². The van der Waals surface area contributed by atoms with E-state index in [1.807, 2.05) is 13.8 Å². The van der Waals surface area contributed by atoms with Gasteiger partial charge < -0.3 is 20.6 Å². The van der Waals surface area contributed by atoms with Crippen LogP contribution in [0.4, 0.5) is 0 Å². The lowest BCUT2D eigenvalue weighted by Gasteiger charge is -2.08. The first-order valence-electron chi connectivity index (χ1n) is 5.98. The predicted molar refractivity (Wildman–Crippen MR) is 67.6 cm³/mol. The smallest absolute Gasteiger partial charge is 0.222 e. The van der Waals surface area contributed by atoms with Gasteiger partial charge in [-0.1, -0.05) is 0 Å². The Balaban J connectivity index is 0. The monoisotopic (exact) mass is 249 g/mol. The maximum absolute atomic E-state index is 10.8. The predicted octanol–water partition coefficient (Wildman–Crippen LogP) is 0.420. The van der Waals surface area contributed by atoms with Gasteiger partial charge in [-0.25, -0.2) is 0 Å². The van der Waals surface area contributed by atoms with E-state index in [9.17, 15) is 4.79 Å². The van der Waals surface area contributed by atoms with Crippen LogP contribution in [0.3, 0.4) is 0 Å². The second kappa shape index (κ2) is 10.5. The molecular weight excluding hydrogens is 222 g/mol. The van der Waals surface area contributed by atoms with E-state index < -0.39 is 6.10 Å². The molecule has 4 N–H and O–H groups in total. The first-order valence-corrected chi connectivity index (χ1v) is 5.98. The summed E-state index contributed by atoms with van der Waals surface area (Å²) in [5.74, 6) is -0.0926. The molecule has 5 heteroatoms. The summed E-state index contributed by atoms with van der Waals surface area (Å²) in [6.07, 6.45) is -0.628. The molecule has 3 atom stereocenters. The highest BCUT2D eigenvalue weighted by atomic mass is 16.3. The SMILES string of the molecule is CC(C)NC(=O)C[C@@H](C)O.C[C@H](O)C[C@@H](C)O. The van der Waals surface area contributed by atoms with E-state index in [0.29, 0.717) is 6.42 Å². The van der Waals surface area contributed by atoms with Gasteiger partial charge in [-0.3, -0.25) is 4.79 Å². The third-order valence-electron chi connectivity index (χ3n) is 1.61. The molecule has 1 amide bonds. The molecule has 0 bridgehead atoms.